The van der Waals surface area contributed by atoms with E-state index in [0.717, 1.165) is 5.56 Å². The fourth-order valence-corrected chi connectivity index (χ4v) is 2.94. The summed E-state index contributed by atoms with van der Waals surface area (Å²) in [7, 11) is 1.81. The van der Waals surface area contributed by atoms with Gasteiger partial charge in [-0.3, -0.25) is 25.1 Å². The van der Waals surface area contributed by atoms with Crippen LogP contribution in [0.4, 0.5) is 0 Å². The average Bonchev–Trinajstić information content (AvgIpc) is 3.29. The molecule has 2 N–H and O–H groups in total. The number of carbonyl (C=O) groups is 2. The highest BCUT2D eigenvalue weighted by molar-refractivity contribution is 7.13. The number of aryl methyl sites for hydroxylation is 1. The predicted octanol–water partition coefficient (Wildman–Crippen LogP) is 2.02. The quantitative estimate of drug-likeness (QED) is 0.669. The molecule has 0 aliphatic heterocycles. The van der Waals surface area contributed by atoms with Crippen LogP contribution in [0.1, 0.15) is 27.8 Å². The molecule has 26 heavy (non-hydrogen) atoms. The van der Waals surface area contributed by atoms with Crippen LogP contribution >= 0.6 is 11.3 Å². The molecular formula is C17H17N5O3S. The van der Waals surface area contributed by atoms with Gasteiger partial charge in [-0.05, 0) is 31.2 Å². The van der Waals surface area contributed by atoms with E-state index >= 15 is 0 Å². The number of nitrogens with zero attached hydrogens (tertiary/aromatic N) is 3. The largest absolute Gasteiger partial charge is 0.494 e. The summed E-state index contributed by atoms with van der Waals surface area (Å²) >= 11 is 1.33. The first-order valence-electron chi connectivity index (χ1n) is 7.85. The van der Waals surface area contributed by atoms with Gasteiger partial charge in [-0.1, -0.05) is 0 Å². The lowest BCUT2D eigenvalue weighted by atomic mass is 10.2. The average molecular weight is 371 g/mol. The molecule has 0 atom stereocenters. The first kappa shape index (κ1) is 17.6. The maximum atomic E-state index is 12.1. The molecule has 0 bridgehead atoms. The minimum Gasteiger partial charge on any atom is -0.494 e. The van der Waals surface area contributed by atoms with Crippen molar-refractivity contribution in [2.24, 2.45) is 7.05 Å². The minimum atomic E-state index is -0.490. The van der Waals surface area contributed by atoms with Crippen LogP contribution in [0.15, 0.2) is 42.0 Å². The second kappa shape index (κ2) is 7.79. The molecule has 0 radical (unpaired) electrons. The van der Waals surface area contributed by atoms with Crippen molar-refractivity contribution < 1.29 is 14.3 Å². The van der Waals surface area contributed by atoms with E-state index in [1.807, 2.05) is 13.1 Å². The number of rotatable bonds is 5. The van der Waals surface area contributed by atoms with Gasteiger partial charge in [-0.15, -0.1) is 11.3 Å². The zero-order valence-corrected chi connectivity index (χ0v) is 15.0. The number of hydrogen-bond acceptors (Lipinski definition) is 6. The van der Waals surface area contributed by atoms with Gasteiger partial charge in [0.1, 0.15) is 16.5 Å². The minimum absolute atomic E-state index is 0.223. The van der Waals surface area contributed by atoms with E-state index in [1.54, 1.807) is 47.6 Å². The fraction of sp³-hybridized carbons (Fsp3) is 0.176. The van der Waals surface area contributed by atoms with Crippen molar-refractivity contribution in [2.45, 2.75) is 6.92 Å². The molecule has 0 saturated carbocycles. The third kappa shape index (κ3) is 4.06. The standard InChI is InChI=1S/C17H17N5O3S/c1-3-25-13-6-4-11(5-7-13)15(23)20-21-16(24)14-10-26-17(19-14)12-8-18-22(2)9-12/h4-10H,3H2,1-2H3,(H,20,23)(H,21,24). The molecule has 3 rings (SSSR count). The Morgan fingerprint density at radius 2 is 1.92 bits per heavy atom. The number of benzene rings is 1. The smallest absolute Gasteiger partial charge is 0.289 e. The number of hydrazine groups is 1. The molecule has 9 heteroatoms. The van der Waals surface area contributed by atoms with Gasteiger partial charge in [-0.2, -0.15) is 5.10 Å². The maximum absolute atomic E-state index is 12.1. The number of nitrogens with one attached hydrogen (secondary N) is 2. The Kier molecular flexibility index (Phi) is 5.28. The van der Waals surface area contributed by atoms with Crippen LogP contribution in [0.5, 0.6) is 5.75 Å². The molecule has 0 saturated heterocycles. The van der Waals surface area contributed by atoms with Crippen LogP contribution < -0.4 is 15.6 Å². The van der Waals surface area contributed by atoms with Gasteiger partial charge >= 0.3 is 0 Å². The second-order valence-corrected chi connectivity index (χ2v) is 6.16. The number of thiazole rings is 1. The molecule has 0 aliphatic rings. The normalized spacial score (nSPS) is 10.4. The number of carbonyl (C=O) groups excluding carboxylic acids is 2. The van der Waals surface area contributed by atoms with E-state index < -0.39 is 11.8 Å². The highest BCUT2D eigenvalue weighted by Gasteiger charge is 2.14. The molecule has 0 spiro atoms. The molecule has 0 fully saturated rings. The van der Waals surface area contributed by atoms with Crippen molar-refractivity contribution in [1.29, 1.82) is 0 Å². The first-order chi connectivity index (χ1) is 12.6. The van der Waals surface area contributed by atoms with Gasteiger partial charge < -0.3 is 4.74 Å². The topological polar surface area (TPSA) is 98.1 Å². The highest BCUT2D eigenvalue weighted by atomic mass is 32.1. The molecule has 8 nitrogen and oxygen atoms in total. The number of hydrogen-bond donors (Lipinski definition) is 2. The predicted molar refractivity (Wildman–Crippen MR) is 96.9 cm³/mol. The Morgan fingerprint density at radius 1 is 1.19 bits per heavy atom. The Balaban J connectivity index is 1.58. The van der Waals surface area contributed by atoms with Crippen molar-refractivity contribution in [3.05, 3.63) is 53.3 Å². The first-order valence-corrected chi connectivity index (χ1v) is 8.73. The van der Waals surface area contributed by atoms with E-state index in [1.165, 1.54) is 11.3 Å². The number of aromatic nitrogens is 3. The third-order valence-corrected chi connectivity index (χ3v) is 4.30. The van der Waals surface area contributed by atoms with Gasteiger partial charge in [0.15, 0.2) is 0 Å². The Labute approximate surface area is 153 Å². The van der Waals surface area contributed by atoms with Crippen molar-refractivity contribution in [1.82, 2.24) is 25.6 Å². The summed E-state index contributed by atoms with van der Waals surface area (Å²) in [5.74, 6) is -0.238. The lowest BCUT2D eigenvalue weighted by Crippen LogP contribution is -2.41. The molecule has 2 heterocycles. The van der Waals surface area contributed by atoms with E-state index in [0.29, 0.717) is 22.9 Å². The molecule has 2 amide bonds. The monoisotopic (exact) mass is 371 g/mol. The van der Waals surface area contributed by atoms with Crippen molar-refractivity contribution in [3.8, 4) is 16.3 Å². The summed E-state index contributed by atoms with van der Waals surface area (Å²) in [6, 6.07) is 6.63. The molecule has 0 unspecified atom stereocenters. The van der Waals surface area contributed by atoms with Gasteiger partial charge in [0.25, 0.3) is 11.8 Å². The molecule has 0 aliphatic carbocycles. The summed E-state index contributed by atoms with van der Waals surface area (Å²) < 4.78 is 6.98. The van der Waals surface area contributed by atoms with E-state index in [9.17, 15) is 9.59 Å². The van der Waals surface area contributed by atoms with Crippen LogP contribution in [0.3, 0.4) is 0 Å². The summed E-state index contributed by atoms with van der Waals surface area (Å²) in [6.07, 6.45) is 3.49. The van der Waals surface area contributed by atoms with Crippen LogP contribution in [0.2, 0.25) is 0 Å². The van der Waals surface area contributed by atoms with Gasteiger partial charge in [0, 0.05) is 29.8 Å². The van der Waals surface area contributed by atoms with Crippen molar-refractivity contribution in [2.75, 3.05) is 6.61 Å². The van der Waals surface area contributed by atoms with Crippen LogP contribution in [-0.2, 0) is 7.05 Å². The molecule has 2 aromatic heterocycles. The lowest BCUT2D eigenvalue weighted by molar-refractivity contribution is 0.0844. The maximum Gasteiger partial charge on any atom is 0.289 e. The van der Waals surface area contributed by atoms with E-state index in [-0.39, 0.29) is 5.69 Å². The van der Waals surface area contributed by atoms with Gasteiger partial charge in [-0.25, -0.2) is 4.98 Å². The number of ether oxygens (including phenoxy) is 1. The second-order valence-electron chi connectivity index (χ2n) is 5.31. The lowest BCUT2D eigenvalue weighted by Gasteiger charge is -2.07. The third-order valence-electron chi connectivity index (χ3n) is 3.41. The molecule has 1 aromatic carbocycles. The number of amides is 2. The van der Waals surface area contributed by atoms with Gasteiger partial charge in [0.05, 0.1) is 12.8 Å². The van der Waals surface area contributed by atoms with Crippen LogP contribution in [0, 0.1) is 0 Å². The SMILES string of the molecule is CCOc1ccc(C(=O)NNC(=O)c2csc(-c3cnn(C)c3)n2)cc1. The van der Waals surface area contributed by atoms with E-state index in [4.69, 9.17) is 4.74 Å². The summed E-state index contributed by atoms with van der Waals surface area (Å²) in [6.45, 7) is 2.44. The fourth-order valence-electron chi connectivity index (χ4n) is 2.16. The zero-order chi connectivity index (χ0) is 18.5. The Bertz CT molecular complexity index is 917. The molecule has 3 aromatic rings. The molecular weight excluding hydrogens is 354 g/mol. The van der Waals surface area contributed by atoms with Crippen molar-refractivity contribution >= 4 is 23.2 Å². The Hall–Kier alpha value is -3.20. The summed E-state index contributed by atoms with van der Waals surface area (Å²) in [5, 5.41) is 6.38. The van der Waals surface area contributed by atoms with Crippen LogP contribution in [-0.4, -0.2) is 33.2 Å². The van der Waals surface area contributed by atoms with Gasteiger partial charge in [0.2, 0.25) is 0 Å². The summed E-state index contributed by atoms with van der Waals surface area (Å²) in [4.78, 5) is 28.5. The zero-order valence-electron chi connectivity index (χ0n) is 14.2. The summed E-state index contributed by atoms with van der Waals surface area (Å²) in [5.41, 5.74) is 6.19. The molecule has 134 valence electrons. The van der Waals surface area contributed by atoms with Crippen molar-refractivity contribution in [3.63, 3.8) is 0 Å². The Morgan fingerprint density at radius 3 is 2.58 bits per heavy atom. The highest BCUT2D eigenvalue weighted by Crippen LogP contribution is 2.22. The van der Waals surface area contributed by atoms with E-state index in [2.05, 4.69) is 20.9 Å². The van der Waals surface area contributed by atoms with Crippen LogP contribution in [0.25, 0.3) is 10.6 Å².